The minimum Gasteiger partial charge on any atom is -0.461 e. The van der Waals surface area contributed by atoms with Gasteiger partial charge in [-0.05, 0) is 44.9 Å². The van der Waals surface area contributed by atoms with Gasteiger partial charge >= 0.3 is 5.97 Å². The van der Waals surface area contributed by atoms with E-state index in [1.54, 1.807) is 11.0 Å². The van der Waals surface area contributed by atoms with Crippen molar-refractivity contribution in [3.8, 4) is 0 Å². The molecule has 206 valence electrons. The first-order valence-corrected chi connectivity index (χ1v) is 14.0. The number of hydrogen-bond acceptors (Lipinski definition) is 6. The van der Waals surface area contributed by atoms with Crippen LogP contribution in [0.3, 0.4) is 0 Å². The largest absolute Gasteiger partial charge is 0.461 e. The lowest BCUT2D eigenvalue weighted by atomic mass is 9.66. The fraction of sp³-hybridized carbons (Fsp3) is 0.759. The van der Waals surface area contributed by atoms with E-state index >= 15 is 0 Å². The zero-order chi connectivity index (χ0) is 27.0. The highest BCUT2D eigenvalue weighted by Crippen LogP contribution is 2.64. The van der Waals surface area contributed by atoms with Gasteiger partial charge < -0.3 is 24.4 Å². The number of aliphatic hydroxyl groups excluding tert-OH is 1. The van der Waals surface area contributed by atoms with Crippen molar-refractivity contribution in [1.82, 2.24) is 9.80 Å². The first-order chi connectivity index (χ1) is 17.6. The smallest absolute Gasteiger partial charge is 0.313 e. The van der Waals surface area contributed by atoms with E-state index < -0.39 is 41.1 Å². The molecule has 3 heterocycles. The van der Waals surface area contributed by atoms with Crippen LogP contribution in [0.5, 0.6) is 0 Å². The van der Waals surface area contributed by atoms with E-state index in [0.29, 0.717) is 25.8 Å². The molecule has 0 aromatic carbocycles. The van der Waals surface area contributed by atoms with Crippen LogP contribution in [0, 0.1) is 17.8 Å². The number of carbonyl (C=O) groups excluding carboxylic acids is 3. The first kappa shape index (κ1) is 27.8. The minimum absolute atomic E-state index is 0.0484. The molecule has 0 aromatic rings. The molecular formula is C29H44N2O6. The molecule has 8 nitrogen and oxygen atoms in total. The maximum Gasteiger partial charge on any atom is 0.313 e. The molecule has 37 heavy (non-hydrogen) atoms. The summed E-state index contributed by atoms with van der Waals surface area (Å²) in [5, 5.41) is 10.4. The van der Waals surface area contributed by atoms with Gasteiger partial charge in [0.05, 0.1) is 24.2 Å². The van der Waals surface area contributed by atoms with E-state index in [0.717, 1.165) is 32.1 Å². The van der Waals surface area contributed by atoms with Crippen LogP contribution in [0.2, 0.25) is 0 Å². The van der Waals surface area contributed by atoms with E-state index in [9.17, 15) is 19.5 Å². The Hall–Kier alpha value is -2.19. The number of ether oxygens (including phenoxy) is 2. The lowest BCUT2D eigenvalue weighted by Gasteiger charge is -2.42. The van der Waals surface area contributed by atoms with Gasteiger partial charge in [0.25, 0.3) is 0 Å². The normalized spacial score (nSPS) is 33.9. The molecule has 8 heteroatoms. The van der Waals surface area contributed by atoms with Gasteiger partial charge in [0, 0.05) is 12.6 Å². The highest BCUT2D eigenvalue weighted by atomic mass is 16.6. The quantitative estimate of drug-likeness (QED) is 0.335. The topological polar surface area (TPSA) is 96.4 Å². The molecule has 1 N–H and O–H groups in total. The van der Waals surface area contributed by atoms with Crippen LogP contribution in [0.1, 0.15) is 72.1 Å². The number of likely N-dealkylation sites (tertiary alicyclic amines) is 1. The molecule has 1 saturated carbocycles. The monoisotopic (exact) mass is 516 g/mol. The predicted molar refractivity (Wildman–Crippen MR) is 139 cm³/mol. The van der Waals surface area contributed by atoms with Gasteiger partial charge in [-0.2, -0.15) is 0 Å². The number of amides is 2. The summed E-state index contributed by atoms with van der Waals surface area (Å²) in [7, 11) is 0. The van der Waals surface area contributed by atoms with Crippen LogP contribution in [0.4, 0.5) is 0 Å². The molecule has 0 radical (unpaired) electrons. The van der Waals surface area contributed by atoms with Crippen molar-refractivity contribution in [2.75, 3.05) is 19.8 Å². The molecule has 2 unspecified atom stereocenters. The van der Waals surface area contributed by atoms with Crippen LogP contribution >= 0.6 is 0 Å². The van der Waals surface area contributed by atoms with Gasteiger partial charge in [0.2, 0.25) is 11.8 Å². The Kier molecular flexibility index (Phi) is 8.19. The van der Waals surface area contributed by atoms with E-state index in [1.165, 1.54) is 6.08 Å². The molecule has 6 atom stereocenters. The summed E-state index contributed by atoms with van der Waals surface area (Å²) >= 11 is 0. The highest BCUT2D eigenvalue weighted by Gasteiger charge is 2.79. The molecule has 2 amide bonds. The summed E-state index contributed by atoms with van der Waals surface area (Å²) in [5.74, 6) is -2.37. The van der Waals surface area contributed by atoms with Crippen molar-refractivity contribution in [2.45, 2.75) is 101 Å². The van der Waals surface area contributed by atoms with Gasteiger partial charge in [-0.3, -0.25) is 14.4 Å². The number of aliphatic hydroxyl groups is 1. The van der Waals surface area contributed by atoms with Crippen LogP contribution in [-0.4, -0.2) is 81.8 Å². The van der Waals surface area contributed by atoms with Crippen molar-refractivity contribution in [1.29, 1.82) is 0 Å². The van der Waals surface area contributed by atoms with E-state index in [1.807, 2.05) is 25.7 Å². The Labute approximate surface area is 221 Å². The van der Waals surface area contributed by atoms with Crippen molar-refractivity contribution < 1.29 is 29.0 Å². The Morgan fingerprint density at radius 1 is 1.22 bits per heavy atom. The zero-order valence-corrected chi connectivity index (χ0v) is 22.7. The van der Waals surface area contributed by atoms with Gasteiger partial charge in [-0.1, -0.05) is 51.8 Å². The Bertz CT molecular complexity index is 914. The zero-order valence-electron chi connectivity index (χ0n) is 22.7. The van der Waals surface area contributed by atoms with Crippen LogP contribution in [0.25, 0.3) is 0 Å². The Morgan fingerprint density at radius 3 is 2.51 bits per heavy atom. The second-order valence-corrected chi connectivity index (χ2v) is 11.9. The number of fused-ring (bicyclic) bond motifs is 1. The third-order valence-corrected chi connectivity index (χ3v) is 9.02. The number of hydrogen-bond donors (Lipinski definition) is 1. The summed E-state index contributed by atoms with van der Waals surface area (Å²) < 4.78 is 12.1. The molecule has 4 rings (SSSR count). The first-order valence-electron chi connectivity index (χ1n) is 14.0. The minimum atomic E-state index is -1.13. The van der Waals surface area contributed by atoms with Crippen LogP contribution < -0.4 is 0 Å². The van der Waals surface area contributed by atoms with E-state index in [-0.39, 0.29) is 37.0 Å². The molecule has 3 aliphatic heterocycles. The number of esters is 1. The predicted octanol–water partition coefficient (Wildman–Crippen LogP) is 3.23. The fourth-order valence-corrected chi connectivity index (χ4v) is 7.55. The fourth-order valence-electron chi connectivity index (χ4n) is 7.55. The lowest BCUT2D eigenvalue weighted by Crippen LogP contribution is -2.60. The molecule has 4 aliphatic rings. The maximum atomic E-state index is 14.6. The maximum absolute atomic E-state index is 14.6. The molecule has 2 bridgehead atoms. The second kappa shape index (κ2) is 10.9. The van der Waals surface area contributed by atoms with Crippen molar-refractivity contribution >= 4 is 17.8 Å². The summed E-state index contributed by atoms with van der Waals surface area (Å²) in [6.07, 6.45) is 9.96. The second-order valence-electron chi connectivity index (χ2n) is 11.9. The molecule has 1 spiro atoms. The summed E-state index contributed by atoms with van der Waals surface area (Å²) in [6.45, 7) is 13.6. The summed E-state index contributed by atoms with van der Waals surface area (Å²) in [4.78, 5) is 45.6. The van der Waals surface area contributed by atoms with Crippen molar-refractivity contribution in [3.63, 3.8) is 0 Å². The van der Waals surface area contributed by atoms with Gasteiger partial charge in [-0.25, -0.2) is 0 Å². The molecule has 1 aliphatic carbocycles. The Morgan fingerprint density at radius 2 is 1.92 bits per heavy atom. The third kappa shape index (κ3) is 4.65. The van der Waals surface area contributed by atoms with Gasteiger partial charge in [-0.15, -0.1) is 6.58 Å². The SMILES string of the molecule is C=CCOC(=O)[C@H]1[C@H]2C(=O)N([C@@H](CO)CC(C)C)C(C(=O)N(CC=C)C3CCCCC3)C23CC[C@]1(C)O3. The third-order valence-electron chi connectivity index (χ3n) is 9.02. The van der Waals surface area contributed by atoms with E-state index in [4.69, 9.17) is 9.47 Å². The van der Waals surface area contributed by atoms with E-state index in [2.05, 4.69) is 13.2 Å². The van der Waals surface area contributed by atoms with Crippen LogP contribution in [0.15, 0.2) is 25.3 Å². The summed E-state index contributed by atoms with van der Waals surface area (Å²) in [6, 6.07) is -1.37. The average molecular weight is 517 g/mol. The standard InChI is InChI=1S/C29H44N2O6/c1-6-15-30(20-11-9-8-10-12-20)26(34)24-29-14-13-28(5,37-29)23(27(35)36-16-7-2)22(29)25(33)31(24)21(18-32)17-19(3)4/h6-7,19-24,32H,1-2,8-18H2,3-5H3/t21-,22+,23-,24?,28+,29?/m1/s1. The molecule has 0 aromatic heterocycles. The highest BCUT2D eigenvalue weighted by molar-refractivity contribution is 5.98. The summed E-state index contributed by atoms with van der Waals surface area (Å²) in [5.41, 5.74) is -2.01. The van der Waals surface area contributed by atoms with Crippen molar-refractivity contribution in [3.05, 3.63) is 25.3 Å². The van der Waals surface area contributed by atoms with Gasteiger partial charge in [0.1, 0.15) is 24.2 Å². The average Bonchev–Trinajstić information content (AvgIpc) is 3.45. The number of carbonyl (C=O) groups is 3. The molecular weight excluding hydrogens is 472 g/mol. The van der Waals surface area contributed by atoms with Crippen LogP contribution in [-0.2, 0) is 23.9 Å². The van der Waals surface area contributed by atoms with Crippen molar-refractivity contribution in [2.24, 2.45) is 17.8 Å². The van der Waals surface area contributed by atoms with Gasteiger partial charge in [0.15, 0.2) is 0 Å². The molecule has 3 saturated heterocycles. The molecule has 4 fully saturated rings. The number of rotatable bonds is 11. The lowest BCUT2D eigenvalue weighted by molar-refractivity contribution is -0.162. The Balaban J connectivity index is 1.79. The number of nitrogens with zero attached hydrogens (tertiary/aromatic N) is 2.